The van der Waals surface area contributed by atoms with Crippen LogP contribution in [0.25, 0.3) is 0 Å². The molecule has 0 spiro atoms. The van der Waals surface area contributed by atoms with Crippen LogP contribution in [0.2, 0.25) is 0 Å². The van der Waals surface area contributed by atoms with Crippen molar-refractivity contribution in [3.05, 3.63) is 11.6 Å². The van der Waals surface area contributed by atoms with Crippen LogP contribution < -0.4 is 11.1 Å². The fourth-order valence-electron chi connectivity index (χ4n) is 0.932. The predicted molar refractivity (Wildman–Crippen MR) is 41.1 cm³/mol. The van der Waals surface area contributed by atoms with E-state index >= 15 is 0 Å². The van der Waals surface area contributed by atoms with E-state index in [2.05, 4.69) is 11.4 Å². The minimum absolute atomic E-state index is 0.489. The van der Waals surface area contributed by atoms with Crippen LogP contribution in [-0.4, -0.2) is 25.8 Å². The number of urea groups is 1. The summed E-state index contributed by atoms with van der Waals surface area (Å²) < 4.78 is 5.15. The Morgan fingerprint density at radius 2 is 2.64 bits per heavy atom. The molecule has 0 unspecified atom stereocenters. The normalized spacial score (nSPS) is 17.3. The van der Waals surface area contributed by atoms with Gasteiger partial charge in [-0.05, 0) is 12.0 Å². The number of primary amides is 1. The molecule has 1 aliphatic heterocycles. The van der Waals surface area contributed by atoms with Gasteiger partial charge >= 0.3 is 6.03 Å². The summed E-state index contributed by atoms with van der Waals surface area (Å²) >= 11 is 0. The monoisotopic (exact) mass is 156 g/mol. The fraction of sp³-hybridized carbons (Fsp3) is 0.571. The standard InChI is InChI=1S/C7H12N2O2/c8-7(10)9-4-6-2-1-3-11-5-6/h2H,1,3-5H2,(H3,8,9,10). The van der Waals surface area contributed by atoms with Gasteiger partial charge in [0.1, 0.15) is 0 Å². The van der Waals surface area contributed by atoms with Gasteiger partial charge in [-0.1, -0.05) is 6.08 Å². The molecule has 4 nitrogen and oxygen atoms in total. The van der Waals surface area contributed by atoms with Gasteiger partial charge < -0.3 is 15.8 Å². The summed E-state index contributed by atoms with van der Waals surface area (Å²) in [6, 6.07) is -0.489. The number of nitrogens with one attached hydrogen (secondary N) is 1. The van der Waals surface area contributed by atoms with Crippen LogP contribution in [0, 0.1) is 0 Å². The van der Waals surface area contributed by atoms with E-state index in [-0.39, 0.29) is 0 Å². The maximum atomic E-state index is 10.3. The zero-order chi connectivity index (χ0) is 8.10. The number of nitrogens with two attached hydrogens (primary N) is 1. The fourth-order valence-corrected chi connectivity index (χ4v) is 0.932. The molecular weight excluding hydrogens is 144 g/mol. The maximum absolute atomic E-state index is 10.3. The van der Waals surface area contributed by atoms with Gasteiger partial charge in [0.05, 0.1) is 13.2 Å². The van der Waals surface area contributed by atoms with Crippen LogP contribution in [0.5, 0.6) is 0 Å². The summed E-state index contributed by atoms with van der Waals surface area (Å²) in [7, 11) is 0. The third kappa shape index (κ3) is 3.04. The smallest absolute Gasteiger partial charge is 0.312 e. The van der Waals surface area contributed by atoms with Gasteiger partial charge in [-0.3, -0.25) is 0 Å². The van der Waals surface area contributed by atoms with E-state index in [1.54, 1.807) is 0 Å². The summed E-state index contributed by atoms with van der Waals surface area (Å²) in [5.74, 6) is 0. The van der Waals surface area contributed by atoms with Crippen molar-refractivity contribution in [1.29, 1.82) is 0 Å². The highest BCUT2D eigenvalue weighted by atomic mass is 16.5. The number of ether oxygens (including phenoxy) is 1. The Balaban J connectivity index is 2.24. The molecule has 1 rings (SSSR count). The van der Waals surface area contributed by atoms with Gasteiger partial charge in [0, 0.05) is 6.54 Å². The van der Waals surface area contributed by atoms with Crippen molar-refractivity contribution in [2.24, 2.45) is 5.73 Å². The molecule has 0 aliphatic carbocycles. The van der Waals surface area contributed by atoms with E-state index in [1.807, 2.05) is 0 Å². The van der Waals surface area contributed by atoms with Crippen molar-refractivity contribution in [2.45, 2.75) is 6.42 Å². The summed E-state index contributed by atoms with van der Waals surface area (Å²) in [6.07, 6.45) is 3.00. The Kier molecular flexibility index (Phi) is 2.92. The van der Waals surface area contributed by atoms with Gasteiger partial charge in [0.15, 0.2) is 0 Å². The Morgan fingerprint density at radius 3 is 3.18 bits per heavy atom. The molecule has 0 saturated heterocycles. The molecule has 0 saturated carbocycles. The highest BCUT2D eigenvalue weighted by Crippen LogP contribution is 2.03. The Bertz CT molecular complexity index is 177. The first-order chi connectivity index (χ1) is 5.29. The third-order valence-corrected chi connectivity index (χ3v) is 1.47. The molecule has 62 valence electrons. The number of rotatable bonds is 2. The molecule has 4 heteroatoms. The SMILES string of the molecule is NC(=O)NCC1=CCCOC1. The van der Waals surface area contributed by atoms with Gasteiger partial charge in [-0.25, -0.2) is 4.79 Å². The summed E-state index contributed by atoms with van der Waals surface area (Å²) in [6.45, 7) is 1.90. The lowest BCUT2D eigenvalue weighted by Crippen LogP contribution is -2.32. The molecule has 0 aromatic rings. The van der Waals surface area contributed by atoms with Crippen molar-refractivity contribution in [3.8, 4) is 0 Å². The minimum Gasteiger partial charge on any atom is -0.377 e. The molecule has 1 heterocycles. The number of carbonyl (C=O) groups is 1. The lowest BCUT2D eigenvalue weighted by Gasteiger charge is -2.13. The largest absolute Gasteiger partial charge is 0.377 e. The van der Waals surface area contributed by atoms with E-state index in [9.17, 15) is 4.79 Å². The van der Waals surface area contributed by atoms with Crippen LogP contribution in [-0.2, 0) is 4.74 Å². The molecule has 3 N–H and O–H groups in total. The Labute approximate surface area is 65.4 Å². The van der Waals surface area contributed by atoms with E-state index < -0.39 is 6.03 Å². The minimum atomic E-state index is -0.489. The molecular formula is C7H12N2O2. The predicted octanol–water partition coefficient (Wildman–Crippen LogP) is 0.00140. The van der Waals surface area contributed by atoms with Gasteiger partial charge in [0.2, 0.25) is 0 Å². The molecule has 11 heavy (non-hydrogen) atoms. The molecule has 1 aliphatic rings. The topological polar surface area (TPSA) is 64.4 Å². The molecule has 0 fully saturated rings. The van der Waals surface area contributed by atoms with E-state index in [0.29, 0.717) is 13.2 Å². The van der Waals surface area contributed by atoms with E-state index in [0.717, 1.165) is 18.6 Å². The van der Waals surface area contributed by atoms with E-state index in [1.165, 1.54) is 0 Å². The molecule has 0 atom stereocenters. The average molecular weight is 156 g/mol. The van der Waals surface area contributed by atoms with Gasteiger partial charge in [0.25, 0.3) is 0 Å². The summed E-state index contributed by atoms with van der Waals surface area (Å²) in [4.78, 5) is 10.3. The zero-order valence-electron chi connectivity index (χ0n) is 6.30. The lowest BCUT2D eigenvalue weighted by molar-refractivity contribution is 0.149. The second-order valence-electron chi connectivity index (χ2n) is 2.42. The lowest BCUT2D eigenvalue weighted by atomic mass is 10.2. The highest BCUT2D eigenvalue weighted by molar-refractivity contribution is 5.71. The summed E-state index contributed by atoms with van der Waals surface area (Å²) in [5.41, 5.74) is 5.98. The number of carbonyl (C=O) groups excluding carboxylic acids is 1. The van der Waals surface area contributed by atoms with Crippen LogP contribution >= 0.6 is 0 Å². The van der Waals surface area contributed by atoms with Crippen LogP contribution in [0.4, 0.5) is 4.79 Å². The van der Waals surface area contributed by atoms with E-state index in [4.69, 9.17) is 10.5 Å². The van der Waals surface area contributed by atoms with Crippen LogP contribution in [0.15, 0.2) is 11.6 Å². The molecule has 0 radical (unpaired) electrons. The third-order valence-electron chi connectivity index (χ3n) is 1.47. The van der Waals surface area contributed by atoms with Crippen molar-refractivity contribution in [3.63, 3.8) is 0 Å². The number of amides is 2. The average Bonchev–Trinajstić information content (AvgIpc) is 2.03. The Hall–Kier alpha value is -1.03. The molecule has 0 aromatic heterocycles. The van der Waals surface area contributed by atoms with Gasteiger partial charge in [-0.2, -0.15) is 0 Å². The maximum Gasteiger partial charge on any atom is 0.312 e. The molecule has 0 aromatic carbocycles. The second-order valence-corrected chi connectivity index (χ2v) is 2.42. The first-order valence-electron chi connectivity index (χ1n) is 3.58. The summed E-state index contributed by atoms with van der Waals surface area (Å²) in [5, 5.41) is 2.51. The second kappa shape index (κ2) is 3.98. The van der Waals surface area contributed by atoms with Crippen LogP contribution in [0.3, 0.4) is 0 Å². The Morgan fingerprint density at radius 1 is 1.82 bits per heavy atom. The molecule has 2 amide bonds. The molecule has 0 bridgehead atoms. The van der Waals surface area contributed by atoms with Gasteiger partial charge in [-0.15, -0.1) is 0 Å². The quantitative estimate of drug-likeness (QED) is 0.553. The number of hydrogen-bond acceptors (Lipinski definition) is 2. The first-order valence-corrected chi connectivity index (χ1v) is 3.58. The van der Waals surface area contributed by atoms with Crippen molar-refractivity contribution in [2.75, 3.05) is 19.8 Å². The van der Waals surface area contributed by atoms with Crippen LogP contribution in [0.1, 0.15) is 6.42 Å². The van der Waals surface area contributed by atoms with Crippen molar-refractivity contribution < 1.29 is 9.53 Å². The van der Waals surface area contributed by atoms with Crippen molar-refractivity contribution in [1.82, 2.24) is 5.32 Å². The number of hydrogen-bond donors (Lipinski definition) is 2. The van der Waals surface area contributed by atoms with Crippen molar-refractivity contribution >= 4 is 6.03 Å². The highest BCUT2D eigenvalue weighted by Gasteiger charge is 2.03. The first kappa shape index (κ1) is 8.07. The zero-order valence-corrected chi connectivity index (χ0v) is 6.30.